The van der Waals surface area contributed by atoms with E-state index in [1.807, 2.05) is 38.1 Å². The maximum atomic E-state index is 13.0. The van der Waals surface area contributed by atoms with E-state index in [4.69, 9.17) is 4.74 Å². The van der Waals surface area contributed by atoms with Crippen molar-refractivity contribution >= 4 is 11.6 Å². The van der Waals surface area contributed by atoms with E-state index in [1.165, 1.54) is 23.3 Å². The number of rotatable bonds is 7. The van der Waals surface area contributed by atoms with Gasteiger partial charge >= 0.3 is 0 Å². The Hall–Kier alpha value is -3.18. The van der Waals surface area contributed by atoms with Crippen molar-refractivity contribution in [1.29, 1.82) is 0 Å². The first kappa shape index (κ1) is 23.0. The molecule has 0 unspecified atom stereocenters. The third kappa shape index (κ3) is 6.42. The SMILES string of the molecule is CC(C)C(=O)Nc1cccc(C2CCN(Cc3ccc(Oc4ccc(F)cc4)cc3)CC2)c1. The minimum atomic E-state index is -0.271. The summed E-state index contributed by atoms with van der Waals surface area (Å²) in [4.78, 5) is 14.5. The van der Waals surface area contributed by atoms with Crippen molar-refractivity contribution in [2.45, 2.75) is 39.2 Å². The van der Waals surface area contributed by atoms with Crippen molar-refractivity contribution in [3.05, 3.63) is 89.7 Å². The van der Waals surface area contributed by atoms with Crippen LogP contribution < -0.4 is 10.1 Å². The van der Waals surface area contributed by atoms with Crippen molar-refractivity contribution in [3.8, 4) is 11.5 Å². The van der Waals surface area contributed by atoms with Gasteiger partial charge in [-0.2, -0.15) is 0 Å². The fourth-order valence-corrected chi connectivity index (χ4v) is 4.14. The minimum Gasteiger partial charge on any atom is -0.457 e. The van der Waals surface area contributed by atoms with Crippen LogP contribution in [0.25, 0.3) is 0 Å². The van der Waals surface area contributed by atoms with Gasteiger partial charge < -0.3 is 10.1 Å². The zero-order valence-electron chi connectivity index (χ0n) is 19.3. The summed E-state index contributed by atoms with van der Waals surface area (Å²) in [7, 11) is 0. The van der Waals surface area contributed by atoms with E-state index in [0.29, 0.717) is 11.7 Å². The number of likely N-dealkylation sites (tertiary alicyclic amines) is 1. The van der Waals surface area contributed by atoms with Gasteiger partial charge in [-0.15, -0.1) is 0 Å². The van der Waals surface area contributed by atoms with Gasteiger partial charge in [-0.3, -0.25) is 9.69 Å². The second-order valence-corrected chi connectivity index (χ2v) is 9.02. The molecule has 0 spiro atoms. The van der Waals surface area contributed by atoms with Gasteiger partial charge in [-0.1, -0.05) is 38.1 Å². The molecule has 1 fully saturated rings. The Bertz CT molecular complexity index is 1060. The van der Waals surface area contributed by atoms with E-state index in [9.17, 15) is 9.18 Å². The monoisotopic (exact) mass is 446 g/mol. The van der Waals surface area contributed by atoms with Gasteiger partial charge in [-0.25, -0.2) is 4.39 Å². The Labute approximate surface area is 195 Å². The number of nitrogens with zero attached hydrogens (tertiary/aromatic N) is 1. The molecule has 0 aromatic heterocycles. The molecular weight excluding hydrogens is 415 g/mol. The Balaban J connectivity index is 1.28. The van der Waals surface area contributed by atoms with Gasteiger partial charge in [0.1, 0.15) is 17.3 Å². The molecule has 0 saturated carbocycles. The number of hydrogen-bond acceptors (Lipinski definition) is 3. The number of ether oxygens (including phenoxy) is 1. The molecule has 0 atom stereocenters. The van der Waals surface area contributed by atoms with Crippen molar-refractivity contribution in [3.63, 3.8) is 0 Å². The molecule has 5 heteroatoms. The number of benzene rings is 3. The fraction of sp³-hybridized carbons (Fsp3) is 0.321. The average Bonchev–Trinajstić information content (AvgIpc) is 2.82. The third-order valence-electron chi connectivity index (χ3n) is 6.12. The van der Waals surface area contributed by atoms with Crippen LogP contribution in [-0.2, 0) is 11.3 Å². The zero-order valence-corrected chi connectivity index (χ0v) is 19.3. The summed E-state index contributed by atoms with van der Waals surface area (Å²) in [5, 5.41) is 3.01. The van der Waals surface area contributed by atoms with Gasteiger partial charge in [0, 0.05) is 18.2 Å². The molecule has 1 heterocycles. The first-order valence-corrected chi connectivity index (χ1v) is 11.6. The van der Waals surface area contributed by atoms with Gasteiger partial charge in [0.15, 0.2) is 0 Å². The zero-order chi connectivity index (χ0) is 23.2. The molecule has 1 amide bonds. The normalized spacial score (nSPS) is 14.9. The number of hydrogen-bond donors (Lipinski definition) is 1. The molecule has 0 aliphatic carbocycles. The summed E-state index contributed by atoms with van der Waals surface area (Å²) in [5.41, 5.74) is 3.44. The molecule has 4 rings (SSSR count). The minimum absolute atomic E-state index is 0.0274. The molecule has 1 aliphatic heterocycles. The second kappa shape index (κ2) is 10.6. The summed E-state index contributed by atoms with van der Waals surface area (Å²) in [6.45, 7) is 6.80. The van der Waals surface area contributed by atoms with E-state index in [-0.39, 0.29) is 17.6 Å². The van der Waals surface area contributed by atoms with Crippen LogP contribution in [0.1, 0.15) is 43.7 Å². The number of carbonyl (C=O) groups is 1. The van der Waals surface area contributed by atoms with Crippen LogP contribution in [0.15, 0.2) is 72.8 Å². The maximum absolute atomic E-state index is 13.0. The van der Waals surface area contributed by atoms with E-state index in [1.54, 1.807) is 12.1 Å². The second-order valence-electron chi connectivity index (χ2n) is 9.02. The molecule has 33 heavy (non-hydrogen) atoms. The molecular formula is C28H31FN2O2. The summed E-state index contributed by atoms with van der Waals surface area (Å²) in [6, 6.07) is 22.4. The third-order valence-corrected chi connectivity index (χ3v) is 6.12. The Kier molecular flexibility index (Phi) is 7.40. The van der Waals surface area contributed by atoms with Crippen molar-refractivity contribution < 1.29 is 13.9 Å². The quantitative estimate of drug-likeness (QED) is 0.445. The highest BCUT2D eigenvalue weighted by atomic mass is 19.1. The number of anilines is 1. The molecule has 1 N–H and O–H groups in total. The predicted molar refractivity (Wildman–Crippen MR) is 130 cm³/mol. The van der Waals surface area contributed by atoms with Crippen LogP contribution >= 0.6 is 0 Å². The van der Waals surface area contributed by atoms with Crippen molar-refractivity contribution in [2.75, 3.05) is 18.4 Å². The highest BCUT2D eigenvalue weighted by Crippen LogP contribution is 2.30. The molecule has 4 nitrogen and oxygen atoms in total. The van der Waals surface area contributed by atoms with Crippen LogP contribution in [0.4, 0.5) is 10.1 Å². The summed E-state index contributed by atoms with van der Waals surface area (Å²) in [6.07, 6.45) is 2.21. The van der Waals surface area contributed by atoms with Gasteiger partial charge in [0.2, 0.25) is 5.91 Å². The molecule has 0 radical (unpaired) electrons. The van der Waals surface area contributed by atoms with E-state index in [0.717, 1.165) is 43.9 Å². The lowest BCUT2D eigenvalue weighted by molar-refractivity contribution is -0.118. The Morgan fingerprint density at radius 2 is 1.64 bits per heavy atom. The van der Waals surface area contributed by atoms with Gasteiger partial charge in [-0.05, 0) is 91.5 Å². The predicted octanol–water partition coefficient (Wildman–Crippen LogP) is 6.59. The maximum Gasteiger partial charge on any atom is 0.226 e. The van der Waals surface area contributed by atoms with Crippen molar-refractivity contribution in [2.24, 2.45) is 5.92 Å². The molecule has 3 aromatic carbocycles. The van der Waals surface area contributed by atoms with Gasteiger partial charge in [0.25, 0.3) is 0 Å². The summed E-state index contributed by atoms with van der Waals surface area (Å²) >= 11 is 0. The topological polar surface area (TPSA) is 41.6 Å². The van der Waals surface area contributed by atoms with Crippen molar-refractivity contribution in [1.82, 2.24) is 4.90 Å². The molecule has 1 aliphatic rings. The highest BCUT2D eigenvalue weighted by Gasteiger charge is 2.21. The van der Waals surface area contributed by atoms with Crippen LogP contribution in [0.3, 0.4) is 0 Å². The van der Waals surface area contributed by atoms with E-state index >= 15 is 0 Å². The fourth-order valence-electron chi connectivity index (χ4n) is 4.14. The Morgan fingerprint density at radius 1 is 1.00 bits per heavy atom. The first-order valence-electron chi connectivity index (χ1n) is 11.6. The Morgan fingerprint density at radius 3 is 2.27 bits per heavy atom. The highest BCUT2D eigenvalue weighted by molar-refractivity contribution is 5.92. The van der Waals surface area contributed by atoms with E-state index < -0.39 is 0 Å². The molecule has 1 saturated heterocycles. The largest absolute Gasteiger partial charge is 0.457 e. The molecule has 3 aromatic rings. The van der Waals surface area contributed by atoms with Crippen LogP contribution in [-0.4, -0.2) is 23.9 Å². The summed E-state index contributed by atoms with van der Waals surface area (Å²) < 4.78 is 18.8. The molecule has 0 bridgehead atoms. The lowest BCUT2D eigenvalue weighted by Crippen LogP contribution is -2.32. The lowest BCUT2D eigenvalue weighted by atomic mass is 9.89. The van der Waals surface area contributed by atoms with Crippen LogP contribution in [0.5, 0.6) is 11.5 Å². The standard InChI is InChI=1S/C28H31FN2O2/c1-20(2)28(32)30-25-5-3-4-23(18-25)22-14-16-31(17-15-22)19-21-6-10-26(11-7-21)33-27-12-8-24(29)9-13-27/h3-13,18,20,22H,14-17,19H2,1-2H3,(H,30,32). The number of carbonyl (C=O) groups excluding carboxylic acids is 1. The van der Waals surface area contributed by atoms with Gasteiger partial charge in [0.05, 0.1) is 0 Å². The van der Waals surface area contributed by atoms with Crippen LogP contribution in [0, 0.1) is 11.7 Å². The smallest absolute Gasteiger partial charge is 0.226 e. The number of amides is 1. The first-order chi connectivity index (χ1) is 16.0. The lowest BCUT2D eigenvalue weighted by Gasteiger charge is -2.32. The molecule has 172 valence electrons. The van der Waals surface area contributed by atoms with Crippen LogP contribution in [0.2, 0.25) is 0 Å². The summed E-state index contributed by atoms with van der Waals surface area (Å²) in [5.74, 6) is 1.64. The number of piperidine rings is 1. The average molecular weight is 447 g/mol. The number of nitrogens with one attached hydrogen (secondary N) is 1. The number of halogens is 1. The van der Waals surface area contributed by atoms with E-state index in [2.05, 4.69) is 34.5 Å².